The third kappa shape index (κ3) is 3.14. The zero-order valence-corrected chi connectivity index (χ0v) is 12.5. The number of aromatic nitrogens is 3. The minimum atomic E-state index is 0.240. The molecule has 1 aliphatic heterocycles. The maximum atomic E-state index is 6.15. The number of rotatable bonds is 4. The molecule has 0 bridgehead atoms. The first-order chi connectivity index (χ1) is 9.72. The molecule has 0 spiro atoms. The average Bonchev–Trinajstić information content (AvgIpc) is 3.10. The summed E-state index contributed by atoms with van der Waals surface area (Å²) in [7, 11) is 0. The van der Waals surface area contributed by atoms with Crippen LogP contribution in [0.1, 0.15) is 51.3 Å². The van der Waals surface area contributed by atoms with Crippen LogP contribution in [0.2, 0.25) is 0 Å². The van der Waals surface area contributed by atoms with E-state index in [9.17, 15) is 0 Å². The molecule has 2 fully saturated rings. The van der Waals surface area contributed by atoms with E-state index in [0.29, 0.717) is 5.92 Å². The molecule has 0 aromatic carbocycles. The SMILES string of the molecule is CC1CCN(c2n[nH]c(CCC3CCCC3)n2)CC1N. The van der Waals surface area contributed by atoms with Gasteiger partial charge in [-0.2, -0.15) is 4.98 Å². The van der Waals surface area contributed by atoms with E-state index < -0.39 is 0 Å². The third-order valence-corrected chi connectivity index (χ3v) is 5.08. The van der Waals surface area contributed by atoms with Gasteiger partial charge in [0.15, 0.2) is 0 Å². The number of aryl methyl sites for hydroxylation is 1. The van der Waals surface area contributed by atoms with Crippen molar-refractivity contribution in [2.75, 3.05) is 18.0 Å². The molecule has 1 aliphatic carbocycles. The molecule has 2 unspecified atom stereocenters. The van der Waals surface area contributed by atoms with Gasteiger partial charge in [0.2, 0.25) is 5.95 Å². The molecule has 1 aromatic heterocycles. The maximum Gasteiger partial charge on any atom is 0.244 e. The Morgan fingerprint density at radius 1 is 1.30 bits per heavy atom. The number of nitrogens with zero attached hydrogens (tertiary/aromatic N) is 3. The topological polar surface area (TPSA) is 70.8 Å². The lowest BCUT2D eigenvalue weighted by molar-refractivity contribution is 0.376. The summed E-state index contributed by atoms with van der Waals surface area (Å²) in [6, 6.07) is 0.240. The van der Waals surface area contributed by atoms with E-state index in [1.165, 1.54) is 32.1 Å². The standard InChI is InChI=1S/C15H27N5/c1-11-8-9-20(10-13(11)16)15-17-14(18-19-15)7-6-12-4-2-3-5-12/h11-13H,2-10,16H2,1H3,(H,17,18,19). The monoisotopic (exact) mass is 277 g/mol. The molecule has 20 heavy (non-hydrogen) atoms. The Morgan fingerprint density at radius 2 is 2.10 bits per heavy atom. The fraction of sp³-hybridized carbons (Fsp3) is 0.867. The summed E-state index contributed by atoms with van der Waals surface area (Å²) in [5.74, 6) is 3.40. The molecule has 0 radical (unpaired) electrons. The molecule has 5 nitrogen and oxygen atoms in total. The normalized spacial score (nSPS) is 28.2. The fourth-order valence-corrected chi connectivity index (χ4v) is 3.46. The lowest BCUT2D eigenvalue weighted by Crippen LogP contribution is -2.48. The fourth-order valence-electron chi connectivity index (χ4n) is 3.46. The van der Waals surface area contributed by atoms with Crippen LogP contribution >= 0.6 is 0 Å². The van der Waals surface area contributed by atoms with Crippen LogP contribution in [0.25, 0.3) is 0 Å². The summed E-state index contributed by atoms with van der Waals surface area (Å²) in [5, 5.41) is 7.49. The van der Waals surface area contributed by atoms with Crippen LogP contribution in [0.15, 0.2) is 0 Å². The van der Waals surface area contributed by atoms with Crippen molar-refractivity contribution in [2.24, 2.45) is 17.6 Å². The Morgan fingerprint density at radius 3 is 2.85 bits per heavy atom. The van der Waals surface area contributed by atoms with E-state index in [-0.39, 0.29) is 6.04 Å². The number of H-pyrrole nitrogens is 1. The van der Waals surface area contributed by atoms with Crippen molar-refractivity contribution >= 4 is 5.95 Å². The van der Waals surface area contributed by atoms with Crippen LogP contribution in [0.5, 0.6) is 0 Å². The minimum absolute atomic E-state index is 0.240. The summed E-state index contributed by atoms with van der Waals surface area (Å²) in [6.07, 6.45) is 9.05. The molecule has 1 saturated carbocycles. The van der Waals surface area contributed by atoms with Crippen LogP contribution < -0.4 is 10.6 Å². The second-order valence-electron chi connectivity index (χ2n) is 6.65. The molecule has 1 saturated heterocycles. The summed E-state index contributed by atoms with van der Waals surface area (Å²) >= 11 is 0. The lowest BCUT2D eigenvalue weighted by Gasteiger charge is -2.34. The molecular weight excluding hydrogens is 250 g/mol. The Balaban J connectivity index is 1.53. The lowest BCUT2D eigenvalue weighted by atomic mass is 9.95. The van der Waals surface area contributed by atoms with Crippen LogP contribution in [0, 0.1) is 11.8 Å². The van der Waals surface area contributed by atoms with E-state index >= 15 is 0 Å². The Hall–Kier alpha value is -1.10. The van der Waals surface area contributed by atoms with Crippen LogP contribution in [0.3, 0.4) is 0 Å². The van der Waals surface area contributed by atoms with Crippen molar-refractivity contribution in [3.8, 4) is 0 Å². The summed E-state index contributed by atoms with van der Waals surface area (Å²) < 4.78 is 0. The van der Waals surface area contributed by atoms with Crippen molar-refractivity contribution in [1.29, 1.82) is 0 Å². The first-order valence-corrected chi connectivity index (χ1v) is 8.14. The van der Waals surface area contributed by atoms with E-state index in [0.717, 1.165) is 43.6 Å². The number of hydrogen-bond acceptors (Lipinski definition) is 4. The predicted molar refractivity (Wildman–Crippen MR) is 80.6 cm³/mol. The minimum Gasteiger partial charge on any atom is -0.338 e. The van der Waals surface area contributed by atoms with Crippen molar-refractivity contribution < 1.29 is 0 Å². The predicted octanol–water partition coefficient (Wildman–Crippen LogP) is 2.10. The van der Waals surface area contributed by atoms with Gasteiger partial charge in [0.05, 0.1) is 0 Å². The van der Waals surface area contributed by atoms with Gasteiger partial charge in [0.25, 0.3) is 0 Å². The largest absolute Gasteiger partial charge is 0.338 e. The van der Waals surface area contributed by atoms with Gasteiger partial charge < -0.3 is 10.6 Å². The molecule has 3 N–H and O–H groups in total. The van der Waals surface area contributed by atoms with E-state index in [4.69, 9.17) is 5.73 Å². The molecule has 5 heteroatoms. The quantitative estimate of drug-likeness (QED) is 0.884. The molecule has 3 rings (SSSR count). The first kappa shape index (κ1) is 13.9. The number of anilines is 1. The highest BCUT2D eigenvalue weighted by Gasteiger charge is 2.25. The van der Waals surface area contributed by atoms with Gasteiger partial charge >= 0.3 is 0 Å². The smallest absolute Gasteiger partial charge is 0.244 e. The van der Waals surface area contributed by atoms with Gasteiger partial charge in [-0.1, -0.05) is 32.6 Å². The molecular formula is C15H27N5. The zero-order chi connectivity index (χ0) is 13.9. The number of hydrogen-bond donors (Lipinski definition) is 2. The summed E-state index contributed by atoms with van der Waals surface area (Å²) in [5.41, 5.74) is 6.15. The average molecular weight is 277 g/mol. The molecule has 0 amide bonds. The first-order valence-electron chi connectivity index (χ1n) is 8.14. The van der Waals surface area contributed by atoms with Crippen LogP contribution in [-0.4, -0.2) is 34.3 Å². The number of piperidine rings is 1. The second kappa shape index (κ2) is 6.12. The van der Waals surface area contributed by atoms with Gasteiger partial charge in [0.1, 0.15) is 5.82 Å². The summed E-state index contributed by atoms with van der Waals surface area (Å²) in [6.45, 7) is 4.13. The van der Waals surface area contributed by atoms with Crippen molar-refractivity contribution in [3.63, 3.8) is 0 Å². The van der Waals surface area contributed by atoms with Crippen molar-refractivity contribution in [2.45, 2.75) is 57.9 Å². The molecule has 2 aliphatic rings. The van der Waals surface area contributed by atoms with E-state index in [1.54, 1.807) is 0 Å². The summed E-state index contributed by atoms with van der Waals surface area (Å²) in [4.78, 5) is 6.88. The Kier molecular flexibility index (Phi) is 4.24. The van der Waals surface area contributed by atoms with E-state index in [2.05, 4.69) is 27.0 Å². The van der Waals surface area contributed by atoms with Crippen LogP contribution in [-0.2, 0) is 6.42 Å². The zero-order valence-electron chi connectivity index (χ0n) is 12.5. The number of nitrogens with one attached hydrogen (secondary N) is 1. The number of aromatic amines is 1. The molecule has 112 valence electrons. The maximum absolute atomic E-state index is 6.15. The third-order valence-electron chi connectivity index (χ3n) is 5.08. The van der Waals surface area contributed by atoms with E-state index in [1.807, 2.05) is 0 Å². The van der Waals surface area contributed by atoms with Gasteiger partial charge in [-0.05, 0) is 24.7 Å². The highest BCUT2D eigenvalue weighted by molar-refractivity contribution is 5.30. The highest BCUT2D eigenvalue weighted by Crippen LogP contribution is 2.28. The second-order valence-corrected chi connectivity index (χ2v) is 6.65. The van der Waals surface area contributed by atoms with Gasteiger partial charge in [-0.15, -0.1) is 5.10 Å². The molecule has 2 heterocycles. The Labute approximate surface area is 121 Å². The van der Waals surface area contributed by atoms with Gasteiger partial charge in [0, 0.05) is 25.6 Å². The van der Waals surface area contributed by atoms with Gasteiger partial charge in [-0.25, -0.2) is 0 Å². The van der Waals surface area contributed by atoms with Crippen LogP contribution in [0.4, 0.5) is 5.95 Å². The van der Waals surface area contributed by atoms with Crippen molar-refractivity contribution in [3.05, 3.63) is 5.82 Å². The molecule has 2 atom stereocenters. The highest BCUT2D eigenvalue weighted by atomic mass is 15.4. The molecule has 1 aromatic rings. The van der Waals surface area contributed by atoms with Gasteiger partial charge in [-0.3, -0.25) is 5.10 Å². The number of nitrogens with two attached hydrogens (primary N) is 1. The Bertz CT molecular complexity index is 424. The van der Waals surface area contributed by atoms with Crippen molar-refractivity contribution in [1.82, 2.24) is 15.2 Å².